The van der Waals surface area contributed by atoms with Crippen LogP contribution in [0.5, 0.6) is 0 Å². The molecule has 0 aliphatic heterocycles. The normalized spacial score (nSPS) is 10.4. The molecule has 0 fully saturated rings. The number of nitrogens with zero attached hydrogens (tertiary/aromatic N) is 1. The van der Waals surface area contributed by atoms with Gasteiger partial charge < -0.3 is 5.32 Å². The van der Waals surface area contributed by atoms with E-state index in [1.165, 1.54) is 18.2 Å². The number of carbonyl (C=O) groups excluding carboxylic acids is 1. The standard InChI is InChI=1S/C18H17ClN4O3S/c19-15-8-5-13(6-9-15)11-12-20-18(27)22-21-17(24)10-7-14-3-1-2-4-16(14)23(25)26/h1-10H,11-12H2,(H,21,24)(H2,20,22,27)/b10-7+. The molecule has 0 atom stereocenters. The second-order valence-corrected chi connectivity index (χ2v) is 6.24. The van der Waals surface area contributed by atoms with Gasteiger partial charge in [-0.05, 0) is 48.5 Å². The van der Waals surface area contributed by atoms with Crippen molar-refractivity contribution >= 4 is 46.6 Å². The fourth-order valence-electron chi connectivity index (χ4n) is 2.14. The van der Waals surface area contributed by atoms with Crippen LogP contribution in [0.25, 0.3) is 6.08 Å². The summed E-state index contributed by atoms with van der Waals surface area (Å²) in [4.78, 5) is 22.2. The second-order valence-electron chi connectivity index (χ2n) is 5.40. The summed E-state index contributed by atoms with van der Waals surface area (Å²) in [6.07, 6.45) is 3.29. The van der Waals surface area contributed by atoms with Crippen LogP contribution in [0.15, 0.2) is 54.6 Å². The molecule has 0 radical (unpaired) electrons. The first kappa shape index (κ1) is 20.3. The topological polar surface area (TPSA) is 96.3 Å². The van der Waals surface area contributed by atoms with Gasteiger partial charge in [-0.15, -0.1) is 0 Å². The van der Waals surface area contributed by atoms with E-state index < -0.39 is 10.8 Å². The zero-order valence-electron chi connectivity index (χ0n) is 14.1. The number of carbonyl (C=O) groups is 1. The number of amides is 1. The third kappa shape index (κ3) is 7.04. The molecule has 2 rings (SSSR count). The summed E-state index contributed by atoms with van der Waals surface area (Å²) in [6.45, 7) is 0.579. The van der Waals surface area contributed by atoms with E-state index in [0.29, 0.717) is 17.1 Å². The van der Waals surface area contributed by atoms with Gasteiger partial charge in [0.15, 0.2) is 5.11 Å². The van der Waals surface area contributed by atoms with E-state index in [0.717, 1.165) is 12.0 Å². The highest BCUT2D eigenvalue weighted by Gasteiger charge is 2.09. The minimum Gasteiger partial charge on any atom is -0.361 e. The van der Waals surface area contributed by atoms with E-state index >= 15 is 0 Å². The van der Waals surface area contributed by atoms with Crippen molar-refractivity contribution in [1.82, 2.24) is 16.2 Å². The Morgan fingerprint density at radius 3 is 2.56 bits per heavy atom. The summed E-state index contributed by atoms with van der Waals surface area (Å²) >= 11 is 10.9. The minimum atomic E-state index is -0.504. The number of hydrogen-bond donors (Lipinski definition) is 3. The molecular weight excluding hydrogens is 388 g/mol. The van der Waals surface area contributed by atoms with Crippen molar-refractivity contribution in [2.45, 2.75) is 6.42 Å². The Hall–Kier alpha value is -2.97. The lowest BCUT2D eigenvalue weighted by atomic mass is 10.1. The van der Waals surface area contributed by atoms with Gasteiger partial charge in [-0.1, -0.05) is 35.9 Å². The van der Waals surface area contributed by atoms with Crippen molar-refractivity contribution in [2.24, 2.45) is 0 Å². The van der Waals surface area contributed by atoms with Gasteiger partial charge in [0.1, 0.15) is 0 Å². The van der Waals surface area contributed by atoms with Crippen LogP contribution in [0.1, 0.15) is 11.1 Å². The third-order valence-corrected chi connectivity index (χ3v) is 3.96. The number of halogens is 1. The molecule has 9 heteroatoms. The molecule has 0 saturated heterocycles. The van der Waals surface area contributed by atoms with Crippen LogP contribution in [0.3, 0.4) is 0 Å². The Labute approximate surface area is 166 Å². The van der Waals surface area contributed by atoms with Crippen LogP contribution < -0.4 is 16.2 Å². The lowest BCUT2D eigenvalue weighted by Gasteiger charge is -2.10. The van der Waals surface area contributed by atoms with E-state index in [1.54, 1.807) is 18.2 Å². The highest BCUT2D eigenvalue weighted by molar-refractivity contribution is 7.80. The molecule has 0 aliphatic rings. The van der Waals surface area contributed by atoms with E-state index in [9.17, 15) is 14.9 Å². The summed E-state index contributed by atoms with van der Waals surface area (Å²) in [6, 6.07) is 13.6. The van der Waals surface area contributed by atoms with Crippen molar-refractivity contribution in [3.05, 3.63) is 80.9 Å². The average Bonchev–Trinajstić information content (AvgIpc) is 2.66. The fourth-order valence-corrected chi connectivity index (χ4v) is 2.41. The van der Waals surface area contributed by atoms with Crippen LogP contribution >= 0.6 is 23.8 Å². The van der Waals surface area contributed by atoms with Crippen LogP contribution in [-0.2, 0) is 11.2 Å². The monoisotopic (exact) mass is 404 g/mol. The molecule has 1 amide bonds. The molecule has 140 valence electrons. The number of nitro benzene ring substituents is 1. The molecule has 0 aromatic heterocycles. The smallest absolute Gasteiger partial charge is 0.276 e. The Bertz CT molecular complexity index is 856. The number of thiocarbonyl (C=S) groups is 1. The van der Waals surface area contributed by atoms with Gasteiger partial charge in [0, 0.05) is 23.7 Å². The minimum absolute atomic E-state index is 0.0751. The Kier molecular flexibility index (Phi) is 7.72. The second kappa shape index (κ2) is 10.2. The molecule has 0 aliphatic carbocycles. The van der Waals surface area contributed by atoms with Gasteiger partial charge in [-0.25, -0.2) is 0 Å². The molecule has 0 unspecified atom stereocenters. The first-order valence-corrected chi connectivity index (χ1v) is 8.74. The molecule has 7 nitrogen and oxygen atoms in total. The Morgan fingerprint density at radius 2 is 1.85 bits per heavy atom. The molecule has 0 bridgehead atoms. The number of rotatable bonds is 6. The molecule has 2 aromatic carbocycles. The number of hydrogen-bond acceptors (Lipinski definition) is 4. The number of nitrogens with one attached hydrogen (secondary N) is 3. The average molecular weight is 405 g/mol. The van der Waals surface area contributed by atoms with E-state index in [1.807, 2.05) is 24.3 Å². The quantitative estimate of drug-likeness (QED) is 0.296. The predicted molar refractivity (Wildman–Crippen MR) is 109 cm³/mol. The Morgan fingerprint density at radius 1 is 1.15 bits per heavy atom. The first-order valence-electron chi connectivity index (χ1n) is 7.95. The molecule has 2 aromatic rings. The molecule has 0 heterocycles. The van der Waals surface area contributed by atoms with Crippen molar-refractivity contribution in [3.8, 4) is 0 Å². The number of nitro groups is 1. The number of hydrazine groups is 1. The van der Waals surface area contributed by atoms with Gasteiger partial charge >= 0.3 is 0 Å². The van der Waals surface area contributed by atoms with E-state index in [2.05, 4.69) is 16.2 Å². The maximum absolute atomic E-state index is 11.8. The highest BCUT2D eigenvalue weighted by atomic mass is 35.5. The zero-order chi connectivity index (χ0) is 19.6. The summed E-state index contributed by atoms with van der Waals surface area (Å²) in [7, 11) is 0. The summed E-state index contributed by atoms with van der Waals surface area (Å²) in [5, 5.41) is 14.8. The zero-order valence-corrected chi connectivity index (χ0v) is 15.7. The van der Waals surface area contributed by atoms with Crippen LogP contribution in [0.2, 0.25) is 5.02 Å². The van der Waals surface area contributed by atoms with E-state index in [-0.39, 0.29) is 10.8 Å². The van der Waals surface area contributed by atoms with Gasteiger partial charge in [0.25, 0.3) is 11.6 Å². The van der Waals surface area contributed by atoms with Gasteiger partial charge in [0.05, 0.1) is 10.5 Å². The van der Waals surface area contributed by atoms with Crippen molar-refractivity contribution in [2.75, 3.05) is 6.54 Å². The summed E-state index contributed by atoms with van der Waals surface area (Å²) in [5.74, 6) is -0.491. The molecule has 27 heavy (non-hydrogen) atoms. The summed E-state index contributed by atoms with van der Waals surface area (Å²) in [5.41, 5.74) is 6.32. The van der Waals surface area contributed by atoms with Crippen molar-refractivity contribution < 1.29 is 9.72 Å². The fraction of sp³-hybridized carbons (Fsp3) is 0.111. The van der Waals surface area contributed by atoms with Crippen molar-refractivity contribution in [3.63, 3.8) is 0 Å². The lowest BCUT2D eigenvalue weighted by molar-refractivity contribution is -0.385. The first-order chi connectivity index (χ1) is 13.0. The maximum atomic E-state index is 11.8. The number of para-hydroxylation sites is 1. The van der Waals surface area contributed by atoms with Gasteiger partial charge in [-0.3, -0.25) is 25.8 Å². The highest BCUT2D eigenvalue weighted by Crippen LogP contribution is 2.18. The predicted octanol–water partition coefficient (Wildman–Crippen LogP) is 3.00. The third-order valence-electron chi connectivity index (χ3n) is 3.46. The summed E-state index contributed by atoms with van der Waals surface area (Å²) < 4.78 is 0. The van der Waals surface area contributed by atoms with Crippen LogP contribution in [-0.4, -0.2) is 22.5 Å². The van der Waals surface area contributed by atoms with Crippen LogP contribution in [0.4, 0.5) is 5.69 Å². The van der Waals surface area contributed by atoms with Crippen LogP contribution in [0, 0.1) is 10.1 Å². The van der Waals surface area contributed by atoms with Gasteiger partial charge in [-0.2, -0.15) is 0 Å². The SMILES string of the molecule is O=C(/C=C/c1ccccc1[N+](=O)[O-])NNC(=S)NCCc1ccc(Cl)cc1. The van der Waals surface area contributed by atoms with Crippen molar-refractivity contribution in [1.29, 1.82) is 0 Å². The molecular formula is C18H17ClN4O3S. The largest absolute Gasteiger partial charge is 0.361 e. The number of benzene rings is 2. The van der Waals surface area contributed by atoms with Gasteiger partial charge in [0.2, 0.25) is 0 Å². The maximum Gasteiger partial charge on any atom is 0.276 e. The molecule has 3 N–H and O–H groups in total. The van der Waals surface area contributed by atoms with E-state index in [4.69, 9.17) is 23.8 Å². The lowest BCUT2D eigenvalue weighted by Crippen LogP contribution is -2.46. The molecule has 0 spiro atoms. The molecule has 0 saturated carbocycles. The Balaban J connectivity index is 1.74.